The van der Waals surface area contributed by atoms with E-state index in [1.165, 1.54) is 6.07 Å². The van der Waals surface area contributed by atoms with Gasteiger partial charge >= 0.3 is 0 Å². The second-order valence-electron chi connectivity index (χ2n) is 5.71. The Hall–Kier alpha value is -2.84. The zero-order chi connectivity index (χ0) is 17.1. The smallest absolute Gasteiger partial charge is 0.254 e. The molecule has 1 saturated heterocycles. The molecule has 0 aromatic carbocycles. The van der Waals surface area contributed by atoms with Crippen LogP contribution in [0.4, 0.5) is 11.8 Å². The minimum absolute atomic E-state index is 0.0687. The third kappa shape index (κ3) is 3.24. The zero-order valence-corrected chi connectivity index (χ0v) is 13.6. The van der Waals surface area contributed by atoms with Gasteiger partial charge in [-0.05, 0) is 12.5 Å². The van der Waals surface area contributed by atoms with Crippen molar-refractivity contribution >= 4 is 17.7 Å². The molecule has 0 unspecified atom stereocenters. The quantitative estimate of drug-likeness (QED) is 0.805. The summed E-state index contributed by atoms with van der Waals surface area (Å²) >= 11 is 0. The maximum atomic E-state index is 12.7. The lowest BCUT2D eigenvalue weighted by atomic mass is 10.2. The van der Waals surface area contributed by atoms with Gasteiger partial charge in [-0.1, -0.05) is 6.92 Å². The predicted octanol–water partition coefficient (Wildman–Crippen LogP) is -0.151. The van der Waals surface area contributed by atoms with Gasteiger partial charge in [0.05, 0.1) is 0 Å². The van der Waals surface area contributed by atoms with Crippen LogP contribution in [0.15, 0.2) is 29.3 Å². The number of piperazine rings is 1. The number of hydrogen-bond donors (Lipinski definition) is 2. The number of amides is 1. The van der Waals surface area contributed by atoms with E-state index in [0.29, 0.717) is 38.4 Å². The maximum Gasteiger partial charge on any atom is 0.254 e. The number of nitrogens with one attached hydrogen (secondary N) is 1. The Morgan fingerprint density at radius 3 is 2.71 bits per heavy atom. The van der Waals surface area contributed by atoms with Crippen LogP contribution in [-0.2, 0) is 4.79 Å². The van der Waals surface area contributed by atoms with E-state index in [1.54, 1.807) is 10.9 Å². The Bertz CT molecular complexity index is 747. The average Bonchev–Trinajstić information content (AvgIpc) is 3.09. The van der Waals surface area contributed by atoms with Gasteiger partial charge in [0.1, 0.15) is 11.9 Å². The minimum Gasteiger partial charge on any atom is -0.369 e. The van der Waals surface area contributed by atoms with E-state index in [0.717, 1.165) is 0 Å². The van der Waals surface area contributed by atoms with Crippen LogP contribution in [0.2, 0.25) is 0 Å². The number of H-pyrrole nitrogens is 1. The van der Waals surface area contributed by atoms with Crippen LogP contribution in [0, 0.1) is 0 Å². The molecule has 0 aliphatic carbocycles. The molecule has 2 aromatic heterocycles. The molecule has 1 aliphatic heterocycles. The van der Waals surface area contributed by atoms with Crippen molar-refractivity contribution in [2.24, 2.45) is 0 Å². The molecule has 0 saturated carbocycles. The van der Waals surface area contributed by atoms with Crippen molar-refractivity contribution in [1.29, 1.82) is 0 Å². The summed E-state index contributed by atoms with van der Waals surface area (Å²) in [5.41, 5.74) is 5.31. The number of carbonyl (C=O) groups is 1. The van der Waals surface area contributed by atoms with Gasteiger partial charge in [-0.15, -0.1) is 0 Å². The molecule has 3 rings (SSSR count). The Morgan fingerprint density at radius 2 is 2.12 bits per heavy atom. The number of aromatic amines is 1. The van der Waals surface area contributed by atoms with Crippen molar-refractivity contribution < 1.29 is 4.79 Å². The summed E-state index contributed by atoms with van der Waals surface area (Å²) in [5.74, 6) is 0.711. The number of rotatable bonds is 4. The van der Waals surface area contributed by atoms with Gasteiger partial charge < -0.3 is 15.5 Å². The molecule has 24 heavy (non-hydrogen) atoms. The Labute approximate surface area is 139 Å². The first kappa shape index (κ1) is 16.0. The van der Waals surface area contributed by atoms with Crippen molar-refractivity contribution in [1.82, 2.24) is 24.6 Å². The molecule has 0 radical (unpaired) electrons. The molecule has 128 valence electrons. The molecule has 0 spiro atoms. The second-order valence-corrected chi connectivity index (χ2v) is 5.71. The van der Waals surface area contributed by atoms with Gasteiger partial charge in [0.15, 0.2) is 0 Å². The summed E-state index contributed by atoms with van der Waals surface area (Å²) in [6, 6.07) is 2.96. The SMILES string of the molecule is CC[C@H](C(=O)N1CCN(c2cc(=O)[nH]c(N)n2)CC1)n1cccn1. The third-order valence-electron chi connectivity index (χ3n) is 4.18. The van der Waals surface area contributed by atoms with E-state index in [1.807, 2.05) is 29.0 Å². The van der Waals surface area contributed by atoms with Crippen LogP contribution < -0.4 is 16.2 Å². The van der Waals surface area contributed by atoms with Crippen LogP contribution >= 0.6 is 0 Å². The van der Waals surface area contributed by atoms with Crippen LogP contribution in [0.25, 0.3) is 0 Å². The van der Waals surface area contributed by atoms with Gasteiger partial charge in [0, 0.05) is 44.6 Å². The fourth-order valence-corrected chi connectivity index (χ4v) is 2.93. The molecule has 1 aliphatic rings. The molecule has 3 N–H and O–H groups in total. The number of anilines is 2. The summed E-state index contributed by atoms with van der Waals surface area (Å²) in [5, 5.41) is 4.18. The summed E-state index contributed by atoms with van der Waals surface area (Å²) in [6.07, 6.45) is 4.18. The Morgan fingerprint density at radius 1 is 1.38 bits per heavy atom. The minimum atomic E-state index is -0.278. The monoisotopic (exact) mass is 331 g/mol. The fraction of sp³-hybridized carbons (Fsp3) is 0.467. The lowest BCUT2D eigenvalue weighted by Crippen LogP contribution is -2.51. The van der Waals surface area contributed by atoms with E-state index < -0.39 is 0 Å². The normalized spacial score (nSPS) is 16.2. The van der Waals surface area contributed by atoms with E-state index in [-0.39, 0.29) is 23.5 Å². The lowest BCUT2D eigenvalue weighted by molar-refractivity contribution is -0.135. The van der Waals surface area contributed by atoms with E-state index in [2.05, 4.69) is 15.1 Å². The highest BCUT2D eigenvalue weighted by molar-refractivity contribution is 5.80. The van der Waals surface area contributed by atoms with E-state index >= 15 is 0 Å². The highest BCUT2D eigenvalue weighted by Crippen LogP contribution is 2.17. The molecule has 2 aromatic rings. The lowest BCUT2D eigenvalue weighted by Gasteiger charge is -2.36. The number of hydrogen-bond acceptors (Lipinski definition) is 6. The van der Waals surface area contributed by atoms with Gasteiger partial charge in [-0.3, -0.25) is 19.3 Å². The molecule has 9 heteroatoms. The molecule has 9 nitrogen and oxygen atoms in total. The van der Waals surface area contributed by atoms with Crippen LogP contribution in [-0.4, -0.2) is 56.7 Å². The maximum absolute atomic E-state index is 12.7. The van der Waals surface area contributed by atoms with E-state index in [4.69, 9.17) is 5.73 Å². The van der Waals surface area contributed by atoms with Crippen LogP contribution in [0.5, 0.6) is 0 Å². The second kappa shape index (κ2) is 6.73. The molecule has 1 atom stereocenters. The first-order valence-electron chi connectivity index (χ1n) is 7.98. The van der Waals surface area contributed by atoms with Gasteiger partial charge in [0.2, 0.25) is 11.9 Å². The fourth-order valence-electron chi connectivity index (χ4n) is 2.93. The third-order valence-corrected chi connectivity index (χ3v) is 4.18. The van der Waals surface area contributed by atoms with Gasteiger partial charge in [-0.25, -0.2) is 0 Å². The average molecular weight is 331 g/mol. The number of carbonyl (C=O) groups excluding carboxylic acids is 1. The molecule has 1 amide bonds. The molecule has 0 bridgehead atoms. The van der Waals surface area contributed by atoms with Crippen molar-refractivity contribution in [2.75, 3.05) is 36.8 Å². The van der Waals surface area contributed by atoms with Gasteiger partial charge in [0.25, 0.3) is 5.56 Å². The standard InChI is InChI=1S/C15H21N7O2/c1-2-11(22-5-3-4-17-22)14(24)21-8-6-20(7-9-21)12-10-13(23)19-15(16)18-12/h3-5,10-11H,2,6-9H2,1H3,(H3,16,18,19,23)/t11-/m1/s1. The van der Waals surface area contributed by atoms with Crippen LogP contribution in [0.3, 0.4) is 0 Å². The zero-order valence-electron chi connectivity index (χ0n) is 13.6. The molecular formula is C15H21N7O2. The van der Waals surface area contributed by atoms with Crippen LogP contribution in [0.1, 0.15) is 19.4 Å². The van der Waals surface area contributed by atoms with Crippen molar-refractivity contribution in [3.05, 3.63) is 34.9 Å². The van der Waals surface area contributed by atoms with Gasteiger partial charge in [-0.2, -0.15) is 10.1 Å². The van der Waals surface area contributed by atoms with E-state index in [9.17, 15) is 9.59 Å². The molecule has 1 fully saturated rings. The predicted molar refractivity (Wildman–Crippen MR) is 89.6 cm³/mol. The highest BCUT2D eigenvalue weighted by Gasteiger charge is 2.28. The Balaban J connectivity index is 1.66. The number of nitrogens with zero attached hydrogens (tertiary/aromatic N) is 5. The van der Waals surface area contributed by atoms with Crippen molar-refractivity contribution in [2.45, 2.75) is 19.4 Å². The largest absolute Gasteiger partial charge is 0.369 e. The number of aromatic nitrogens is 4. The van der Waals surface area contributed by atoms with Crippen molar-refractivity contribution in [3.8, 4) is 0 Å². The first-order valence-corrected chi connectivity index (χ1v) is 7.98. The molecular weight excluding hydrogens is 310 g/mol. The first-order chi connectivity index (χ1) is 11.6. The Kier molecular flexibility index (Phi) is 4.50. The summed E-state index contributed by atoms with van der Waals surface area (Å²) in [4.78, 5) is 34.6. The molecule has 3 heterocycles. The summed E-state index contributed by atoms with van der Waals surface area (Å²) in [6.45, 7) is 4.34. The number of nitrogen functional groups attached to an aromatic ring is 1. The summed E-state index contributed by atoms with van der Waals surface area (Å²) in [7, 11) is 0. The van der Waals surface area contributed by atoms with Crippen molar-refractivity contribution in [3.63, 3.8) is 0 Å². The highest BCUT2D eigenvalue weighted by atomic mass is 16.2. The number of nitrogens with two attached hydrogens (primary N) is 1. The summed E-state index contributed by atoms with van der Waals surface area (Å²) < 4.78 is 1.70. The topological polar surface area (TPSA) is 113 Å².